The predicted octanol–water partition coefficient (Wildman–Crippen LogP) is 7.97. The second-order valence-electron chi connectivity index (χ2n) is 7.62. The van der Waals surface area contributed by atoms with Crippen LogP contribution in [0.25, 0.3) is 28.6 Å². The van der Waals surface area contributed by atoms with E-state index in [1.807, 2.05) is 30.3 Å². The van der Waals surface area contributed by atoms with Crippen molar-refractivity contribution in [1.29, 1.82) is 0 Å². The lowest BCUT2D eigenvalue weighted by Crippen LogP contribution is -2.07. The molecular weight excluding hydrogens is 443 g/mol. The number of carbonyl (C=O) groups excluding carboxylic acids is 1. The van der Waals surface area contributed by atoms with Gasteiger partial charge in [0.25, 0.3) is 0 Å². The fourth-order valence-electron chi connectivity index (χ4n) is 3.33. The van der Waals surface area contributed by atoms with Gasteiger partial charge in [-0.1, -0.05) is 55.2 Å². The van der Waals surface area contributed by atoms with Gasteiger partial charge in [-0.25, -0.2) is 4.98 Å². The molecule has 4 nitrogen and oxygen atoms in total. The van der Waals surface area contributed by atoms with E-state index in [1.54, 1.807) is 24.3 Å². The third kappa shape index (κ3) is 5.04. The third-order valence-electron chi connectivity index (χ3n) is 5.35. The van der Waals surface area contributed by atoms with Crippen LogP contribution in [0.5, 0.6) is 0 Å². The molecule has 0 aliphatic rings. The number of nitrogens with zero attached hydrogens (tertiary/aromatic N) is 1. The summed E-state index contributed by atoms with van der Waals surface area (Å²) < 4.78 is 5.95. The van der Waals surface area contributed by atoms with Gasteiger partial charge in [0.1, 0.15) is 5.52 Å². The molecule has 4 rings (SSSR count). The molecule has 1 aromatic heterocycles. The minimum Gasteiger partial charge on any atom is -0.436 e. The molecule has 0 bridgehead atoms. The van der Waals surface area contributed by atoms with Crippen molar-refractivity contribution in [3.63, 3.8) is 0 Å². The minimum atomic E-state index is -0.274. The quantitative estimate of drug-likeness (QED) is 0.294. The monoisotopic (exact) mass is 464 g/mol. The van der Waals surface area contributed by atoms with Crippen molar-refractivity contribution in [3.05, 3.63) is 87.9 Å². The number of fused-ring (bicyclic) bond motifs is 1. The van der Waals surface area contributed by atoms with Crippen LogP contribution >= 0.6 is 23.2 Å². The Bertz CT molecular complexity index is 1310. The zero-order valence-corrected chi connectivity index (χ0v) is 19.2. The Morgan fingerprint density at radius 3 is 2.75 bits per heavy atom. The summed E-state index contributed by atoms with van der Waals surface area (Å²) in [5, 5.41) is 3.88. The maximum absolute atomic E-state index is 12.4. The lowest BCUT2D eigenvalue weighted by Gasteiger charge is -2.07. The molecule has 1 unspecified atom stereocenters. The number of hydrogen-bond acceptors (Lipinski definition) is 3. The summed E-state index contributed by atoms with van der Waals surface area (Å²) in [5.41, 5.74) is 4.95. The molecule has 0 spiro atoms. The van der Waals surface area contributed by atoms with E-state index in [0.29, 0.717) is 33.1 Å². The van der Waals surface area contributed by atoms with E-state index in [2.05, 4.69) is 36.3 Å². The average molecular weight is 465 g/mol. The first-order chi connectivity index (χ1) is 15.4. The first-order valence-corrected chi connectivity index (χ1v) is 11.1. The molecule has 0 saturated heterocycles. The maximum Gasteiger partial charge on any atom is 0.248 e. The van der Waals surface area contributed by atoms with Crippen LogP contribution in [0.1, 0.15) is 37.3 Å². The molecule has 0 radical (unpaired) electrons. The summed E-state index contributed by atoms with van der Waals surface area (Å²) >= 11 is 12.1. The zero-order valence-electron chi connectivity index (χ0n) is 17.7. The molecule has 1 heterocycles. The van der Waals surface area contributed by atoms with E-state index >= 15 is 0 Å². The van der Waals surface area contributed by atoms with Crippen molar-refractivity contribution in [1.82, 2.24) is 4.98 Å². The van der Waals surface area contributed by atoms with E-state index in [4.69, 9.17) is 27.6 Å². The van der Waals surface area contributed by atoms with E-state index in [-0.39, 0.29) is 5.91 Å². The molecule has 1 N–H and O–H groups in total. The maximum atomic E-state index is 12.4. The highest BCUT2D eigenvalue weighted by Crippen LogP contribution is 2.29. The second-order valence-corrected chi connectivity index (χ2v) is 8.47. The summed E-state index contributed by atoms with van der Waals surface area (Å²) in [7, 11) is 0. The van der Waals surface area contributed by atoms with Crippen LogP contribution in [0, 0.1) is 0 Å². The van der Waals surface area contributed by atoms with Crippen LogP contribution in [0.3, 0.4) is 0 Å². The van der Waals surface area contributed by atoms with Gasteiger partial charge in [-0.2, -0.15) is 0 Å². The van der Waals surface area contributed by atoms with Crippen LogP contribution in [0.2, 0.25) is 10.0 Å². The molecule has 0 saturated carbocycles. The molecule has 6 heteroatoms. The summed E-state index contributed by atoms with van der Waals surface area (Å²) in [6.45, 7) is 4.37. The van der Waals surface area contributed by atoms with Gasteiger partial charge in [0, 0.05) is 27.4 Å². The van der Waals surface area contributed by atoms with Gasteiger partial charge in [0.15, 0.2) is 5.58 Å². The number of benzene rings is 3. The Morgan fingerprint density at radius 2 is 1.97 bits per heavy atom. The topological polar surface area (TPSA) is 55.1 Å². The lowest BCUT2D eigenvalue weighted by atomic mass is 9.98. The summed E-state index contributed by atoms with van der Waals surface area (Å²) in [5.74, 6) is 0.707. The van der Waals surface area contributed by atoms with Gasteiger partial charge in [0.05, 0.1) is 0 Å². The minimum absolute atomic E-state index is 0.274. The largest absolute Gasteiger partial charge is 0.436 e. The van der Waals surface area contributed by atoms with Crippen LogP contribution in [-0.4, -0.2) is 10.9 Å². The van der Waals surface area contributed by atoms with Gasteiger partial charge in [0.2, 0.25) is 11.8 Å². The number of oxazole rings is 1. The van der Waals surface area contributed by atoms with Crippen LogP contribution in [0.4, 0.5) is 5.69 Å². The molecule has 162 valence electrons. The number of nitrogens with one attached hydrogen (secondary N) is 1. The number of amides is 1. The molecular formula is C26H22Cl2N2O2. The van der Waals surface area contributed by atoms with Crippen LogP contribution < -0.4 is 5.32 Å². The molecule has 4 aromatic rings. The number of carbonyl (C=O) groups is 1. The van der Waals surface area contributed by atoms with Gasteiger partial charge in [-0.3, -0.25) is 4.79 Å². The fraction of sp³-hybridized carbons (Fsp3) is 0.154. The smallest absolute Gasteiger partial charge is 0.248 e. The van der Waals surface area contributed by atoms with Crippen LogP contribution in [-0.2, 0) is 4.79 Å². The molecule has 1 atom stereocenters. The first kappa shape index (κ1) is 22.1. The number of hydrogen-bond donors (Lipinski definition) is 1. The Morgan fingerprint density at radius 1 is 1.12 bits per heavy atom. The van der Waals surface area contributed by atoms with E-state index in [1.165, 1.54) is 11.6 Å². The third-order valence-corrected chi connectivity index (χ3v) is 5.91. The first-order valence-electron chi connectivity index (χ1n) is 10.4. The van der Waals surface area contributed by atoms with Crippen molar-refractivity contribution in [2.24, 2.45) is 0 Å². The highest BCUT2D eigenvalue weighted by atomic mass is 35.5. The fourth-order valence-corrected chi connectivity index (χ4v) is 3.80. The SMILES string of the molecule is CCC(C)c1ccc2oc(-c3cccc(NC(=O)/C=C/c4ccc(Cl)cc4Cl)c3)nc2c1. The standard InChI is InChI=1S/C26H22Cl2N2O2/c1-3-16(2)18-8-11-24-23(14-18)30-26(32-24)19-5-4-6-21(13-19)29-25(31)12-9-17-7-10-20(27)15-22(17)28/h4-16H,3H2,1-2H3,(H,29,31)/b12-9+. The molecule has 1 amide bonds. The second kappa shape index (κ2) is 9.60. The molecule has 0 aliphatic heterocycles. The van der Waals surface area contributed by atoms with Crippen LogP contribution in [0.15, 0.2) is 71.2 Å². The van der Waals surface area contributed by atoms with Gasteiger partial charge >= 0.3 is 0 Å². The number of rotatable bonds is 6. The Balaban J connectivity index is 1.52. The summed E-state index contributed by atoms with van der Waals surface area (Å²) in [6.07, 6.45) is 4.14. The lowest BCUT2D eigenvalue weighted by molar-refractivity contribution is -0.111. The number of anilines is 1. The molecule has 32 heavy (non-hydrogen) atoms. The van der Waals surface area contributed by atoms with Crippen molar-refractivity contribution >= 4 is 52.0 Å². The number of halogens is 2. The predicted molar refractivity (Wildman–Crippen MR) is 132 cm³/mol. The van der Waals surface area contributed by atoms with Crippen molar-refractivity contribution in [2.75, 3.05) is 5.32 Å². The van der Waals surface area contributed by atoms with E-state index in [9.17, 15) is 4.79 Å². The Labute approximate surface area is 196 Å². The van der Waals surface area contributed by atoms with Gasteiger partial charge in [-0.05, 0) is 72.0 Å². The van der Waals surface area contributed by atoms with Crippen molar-refractivity contribution in [3.8, 4) is 11.5 Å². The molecule has 0 aliphatic carbocycles. The summed E-state index contributed by atoms with van der Waals surface area (Å²) in [4.78, 5) is 17.0. The van der Waals surface area contributed by atoms with Gasteiger partial charge < -0.3 is 9.73 Å². The highest BCUT2D eigenvalue weighted by Gasteiger charge is 2.12. The zero-order chi connectivity index (χ0) is 22.7. The average Bonchev–Trinajstić information content (AvgIpc) is 3.21. The Kier molecular flexibility index (Phi) is 6.63. The molecule has 0 fully saturated rings. The van der Waals surface area contributed by atoms with E-state index in [0.717, 1.165) is 23.1 Å². The van der Waals surface area contributed by atoms with Gasteiger partial charge in [-0.15, -0.1) is 0 Å². The molecule has 3 aromatic carbocycles. The summed E-state index contributed by atoms with van der Waals surface area (Å²) in [6, 6.07) is 18.6. The van der Waals surface area contributed by atoms with Crippen molar-refractivity contribution in [2.45, 2.75) is 26.2 Å². The Hall–Kier alpha value is -3.08. The normalized spacial score (nSPS) is 12.4. The van der Waals surface area contributed by atoms with Crippen molar-refractivity contribution < 1.29 is 9.21 Å². The number of aromatic nitrogens is 1. The highest BCUT2D eigenvalue weighted by molar-refractivity contribution is 6.35. The van der Waals surface area contributed by atoms with E-state index < -0.39 is 0 Å².